The minimum Gasteiger partial charge on any atom is -0.491 e. The highest BCUT2D eigenvalue weighted by atomic mass is 16.5. The molecule has 0 fully saturated rings. The van der Waals surface area contributed by atoms with Gasteiger partial charge in [-0.25, -0.2) is 0 Å². The van der Waals surface area contributed by atoms with Crippen LogP contribution in [-0.4, -0.2) is 25.0 Å². The molecule has 0 radical (unpaired) electrons. The monoisotopic (exact) mass is 349 g/mol. The van der Waals surface area contributed by atoms with Gasteiger partial charge in [-0.15, -0.1) is 0 Å². The molecule has 0 unspecified atom stereocenters. The largest absolute Gasteiger partial charge is 0.491 e. The Hall–Kier alpha value is -1.81. The third-order valence-electron chi connectivity index (χ3n) is 3.14. The average molecular weight is 350 g/mol. The third-order valence-corrected chi connectivity index (χ3v) is 3.14. The van der Waals surface area contributed by atoms with Crippen LogP contribution in [0.25, 0.3) is 0 Å². The van der Waals surface area contributed by atoms with Gasteiger partial charge in [0, 0.05) is 12.7 Å². The minimum absolute atomic E-state index is 0.599. The highest BCUT2D eigenvalue weighted by Crippen LogP contribution is 2.08. The van der Waals surface area contributed by atoms with Gasteiger partial charge in [0.15, 0.2) is 0 Å². The van der Waals surface area contributed by atoms with Crippen molar-refractivity contribution in [3.05, 3.63) is 47.9 Å². The number of para-hydroxylation sites is 1. The van der Waals surface area contributed by atoms with Crippen molar-refractivity contribution in [3.8, 4) is 5.75 Å². The first-order valence-corrected chi connectivity index (χ1v) is 9.52. The lowest BCUT2D eigenvalue weighted by atomic mass is 10.1. The normalized spacial score (nSPS) is 9.48. The molecule has 142 valence electrons. The maximum Gasteiger partial charge on any atom is 0.133 e. The molecule has 1 heterocycles. The molecule has 4 nitrogen and oxygen atoms in total. The summed E-state index contributed by atoms with van der Waals surface area (Å²) in [4.78, 5) is 0. The average Bonchev–Trinajstić information content (AvgIpc) is 3.09. The van der Waals surface area contributed by atoms with E-state index >= 15 is 0 Å². The van der Waals surface area contributed by atoms with Crippen LogP contribution in [0.15, 0.2) is 40.9 Å². The van der Waals surface area contributed by atoms with E-state index < -0.39 is 0 Å². The molecule has 0 saturated heterocycles. The van der Waals surface area contributed by atoms with Crippen molar-refractivity contribution in [2.45, 2.75) is 60.3 Å². The lowest BCUT2D eigenvalue weighted by Gasteiger charge is -2.06. The van der Waals surface area contributed by atoms with Crippen LogP contribution in [0, 0.1) is 6.92 Å². The number of aromatic nitrogens is 1. The van der Waals surface area contributed by atoms with E-state index in [1.165, 1.54) is 0 Å². The van der Waals surface area contributed by atoms with Crippen molar-refractivity contribution >= 4 is 0 Å². The van der Waals surface area contributed by atoms with E-state index in [1.807, 2.05) is 71.0 Å². The molecule has 0 aliphatic rings. The Bertz CT molecular complexity index is 497. The summed E-state index contributed by atoms with van der Waals surface area (Å²) in [5, 5.41) is 3.98. The molecule has 0 amide bonds. The van der Waals surface area contributed by atoms with Gasteiger partial charge in [0.05, 0.1) is 12.3 Å². The van der Waals surface area contributed by atoms with Crippen LogP contribution in [0.5, 0.6) is 5.75 Å². The van der Waals surface area contributed by atoms with Crippen molar-refractivity contribution in [3.63, 3.8) is 0 Å². The lowest BCUT2D eigenvalue weighted by Crippen LogP contribution is -2.07. The number of unbranched alkanes of at least 4 members (excludes halogenated alkanes) is 2. The van der Waals surface area contributed by atoms with Crippen molar-refractivity contribution < 1.29 is 14.0 Å². The predicted molar refractivity (Wildman–Crippen MR) is 104 cm³/mol. The topological polar surface area (TPSA) is 44.5 Å². The molecule has 4 heteroatoms. The van der Waals surface area contributed by atoms with Crippen LogP contribution in [0.1, 0.15) is 58.4 Å². The van der Waals surface area contributed by atoms with Gasteiger partial charge in [-0.2, -0.15) is 0 Å². The molecule has 1 aromatic heterocycles. The van der Waals surface area contributed by atoms with Crippen LogP contribution < -0.4 is 4.74 Å². The number of aryl methyl sites for hydroxylation is 2. The Morgan fingerprint density at radius 2 is 1.60 bits per heavy atom. The van der Waals surface area contributed by atoms with Gasteiger partial charge in [0.2, 0.25) is 0 Å². The summed E-state index contributed by atoms with van der Waals surface area (Å²) in [6.45, 7) is 11.9. The zero-order chi connectivity index (χ0) is 18.8. The maximum atomic E-state index is 5.55. The van der Waals surface area contributed by atoms with Gasteiger partial charge in [-0.1, -0.05) is 57.5 Å². The number of rotatable bonds is 10. The fourth-order valence-corrected chi connectivity index (χ4v) is 2.06. The molecule has 0 spiro atoms. The van der Waals surface area contributed by atoms with Crippen molar-refractivity contribution in [1.29, 1.82) is 0 Å². The summed E-state index contributed by atoms with van der Waals surface area (Å²) in [5.41, 5.74) is 1.05. The first-order valence-electron chi connectivity index (χ1n) is 9.52. The highest BCUT2D eigenvalue weighted by Gasteiger charge is 1.99. The number of nitrogens with zero attached hydrogens (tertiary/aromatic N) is 1. The lowest BCUT2D eigenvalue weighted by molar-refractivity contribution is 0.0971. The summed E-state index contributed by atoms with van der Waals surface area (Å²) >= 11 is 0. The van der Waals surface area contributed by atoms with E-state index in [2.05, 4.69) is 5.16 Å². The molecule has 0 bridgehead atoms. The van der Waals surface area contributed by atoms with Crippen molar-refractivity contribution in [1.82, 2.24) is 5.16 Å². The second kappa shape index (κ2) is 17.0. The van der Waals surface area contributed by atoms with Crippen LogP contribution >= 0.6 is 0 Å². The second-order valence-electron chi connectivity index (χ2n) is 5.01. The molecule has 0 atom stereocenters. The third kappa shape index (κ3) is 12.2. The summed E-state index contributed by atoms with van der Waals surface area (Å²) in [6, 6.07) is 11.8. The van der Waals surface area contributed by atoms with Crippen LogP contribution in [0.4, 0.5) is 0 Å². The SMILES string of the molecule is CC.CC.Cc1cc(CCCCCOCCOc2ccccc2)no1. The fraction of sp³-hybridized carbons (Fsp3) is 0.571. The molecule has 25 heavy (non-hydrogen) atoms. The fourth-order valence-electron chi connectivity index (χ4n) is 2.06. The smallest absolute Gasteiger partial charge is 0.133 e. The Morgan fingerprint density at radius 3 is 2.24 bits per heavy atom. The summed E-state index contributed by atoms with van der Waals surface area (Å²) < 4.78 is 16.1. The summed E-state index contributed by atoms with van der Waals surface area (Å²) in [7, 11) is 0. The summed E-state index contributed by atoms with van der Waals surface area (Å²) in [6.07, 6.45) is 4.32. The Balaban J connectivity index is 0.00000134. The van der Waals surface area contributed by atoms with E-state index in [0.717, 1.165) is 49.5 Å². The van der Waals surface area contributed by atoms with E-state index in [4.69, 9.17) is 14.0 Å². The van der Waals surface area contributed by atoms with Gasteiger partial charge in [-0.05, 0) is 38.3 Å². The van der Waals surface area contributed by atoms with Gasteiger partial charge < -0.3 is 14.0 Å². The van der Waals surface area contributed by atoms with E-state index in [-0.39, 0.29) is 0 Å². The Labute approximate surface area is 153 Å². The van der Waals surface area contributed by atoms with Gasteiger partial charge in [-0.3, -0.25) is 0 Å². The zero-order valence-corrected chi connectivity index (χ0v) is 16.6. The second-order valence-corrected chi connectivity index (χ2v) is 5.01. The number of hydrogen-bond donors (Lipinski definition) is 0. The van der Waals surface area contributed by atoms with Crippen molar-refractivity contribution in [2.75, 3.05) is 19.8 Å². The first kappa shape index (κ1) is 23.2. The highest BCUT2D eigenvalue weighted by molar-refractivity contribution is 5.20. The van der Waals surface area contributed by atoms with Crippen LogP contribution in [0.2, 0.25) is 0 Å². The minimum atomic E-state index is 0.599. The van der Waals surface area contributed by atoms with Gasteiger partial charge in [0.25, 0.3) is 0 Å². The molecular weight excluding hydrogens is 314 g/mol. The zero-order valence-electron chi connectivity index (χ0n) is 16.6. The predicted octanol–water partition coefficient (Wildman–Crippen LogP) is 5.84. The molecular formula is C21H35NO3. The molecule has 2 rings (SSSR count). The molecule has 0 N–H and O–H groups in total. The van der Waals surface area contributed by atoms with Crippen LogP contribution in [0.3, 0.4) is 0 Å². The number of hydrogen-bond acceptors (Lipinski definition) is 4. The molecule has 1 aromatic carbocycles. The summed E-state index contributed by atoms with van der Waals surface area (Å²) in [5.74, 6) is 1.77. The Kier molecular flexibility index (Phi) is 15.8. The first-order chi connectivity index (χ1) is 12.3. The number of benzene rings is 1. The Morgan fingerprint density at radius 1 is 0.880 bits per heavy atom. The van der Waals surface area contributed by atoms with Crippen molar-refractivity contribution in [2.24, 2.45) is 0 Å². The van der Waals surface area contributed by atoms with E-state index in [0.29, 0.717) is 13.2 Å². The van der Waals surface area contributed by atoms with E-state index in [9.17, 15) is 0 Å². The molecule has 0 aliphatic heterocycles. The molecule has 0 aliphatic carbocycles. The van der Waals surface area contributed by atoms with E-state index in [1.54, 1.807) is 0 Å². The maximum absolute atomic E-state index is 5.55. The quantitative estimate of drug-likeness (QED) is 0.505. The number of ether oxygens (including phenoxy) is 2. The van der Waals surface area contributed by atoms with Crippen LogP contribution in [-0.2, 0) is 11.2 Å². The van der Waals surface area contributed by atoms with Gasteiger partial charge >= 0.3 is 0 Å². The van der Waals surface area contributed by atoms with Gasteiger partial charge in [0.1, 0.15) is 18.1 Å². The molecule has 2 aromatic rings. The standard InChI is InChI=1S/C17H23NO3.2C2H6/c1-15-14-16(18-21-15)8-4-3-7-11-19-12-13-20-17-9-5-2-6-10-17;2*1-2/h2,5-6,9-10,14H,3-4,7-8,11-13H2,1H3;2*1-2H3. The molecule has 0 saturated carbocycles.